The largest absolute Gasteiger partial charge is 0.496 e. The molecule has 124 valence electrons. The zero-order valence-electron chi connectivity index (χ0n) is 11.8. The molecule has 3 nitrogen and oxygen atoms in total. The Kier molecular flexibility index (Phi) is 5.18. The van der Waals surface area contributed by atoms with Crippen molar-refractivity contribution in [1.82, 2.24) is 4.98 Å². The summed E-state index contributed by atoms with van der Waals surface area (Å²) in [5.74, 6) is -0.401. The molecular formula is C14H9Cl3F3NO2. The molecule has 2 aromatic rings. The lowest BCUT2D eigenvalue weighted by atomic mass is 10.0. The molecule has 1 heterocycles. The molecule has 0 amide bonds. The molecule has 2 rings (SSSR count). The average molecular weight is 387 g/mol. The Balaban J connectivity index is 2.79. The van der Waals surface area contributed by atoms with Crippen molar-refractivity contribution in [2.24, 2.45) is 0 Å². The summed E-state index contributed by atoms with van der Waals surface area (Å²) in [5.41, 5.74) is -0.714. The van der Waals surface area contributed by atoms with E-state index in [2.05, 4.69) is 4.98 Å². The van der Waals surface area contributed by atoms with Crippen LogP contribution in [0.3, 0.4) is 0 Å². The smallest absolute Gasteiger partial charge is 0.433 e. The second-order valence-corrected chi connectivity index (χ2v) is 5.56. The van der Waals surface area contributed by atoms with E-state index in [4.69, 9.17) is 44.3 Å². The van der Waals surface area contributed by atoms with Gasteiger partial charge in [-0.3, -0.25) is 0 Å². The molecule has 0 fully saturated rings. The van der Waals surface area contributed by atoms with Gasteiger partial charge in [0.05, 0.1) is 34.9 Å². The van der Waals surface area contributed by atoms with E-state index in [9.17, 15) is 13.2 Å². The van der Waals surface area contributed by atoms with Crippen LogP contribution < -0.4 is 9.47 Å². The summed E-state index contributed by atoms with van der Waals surface area (Å²) >= 11 is 17.9. The van der Waals surface area contributed by atoms with Crippen LogP contribution in [-0.2, 0) is 6.18 Å². The number of hydrogen-bond donors (Lipinski definition) is 0. The maximum atomic E-state index is 12.9. The molecule has 0 radical (unpaired) electrons. The van der Waals surface area contributed by atoms with E-state index in [1.807, 2.05) is 0 Å². The van der Waals surface area contributed by atoms with Crippen molar-refractivity contribution in [1.29, 1.82) is 0 Å². The topological polar surface area (TPSA) is 31.4 Å². The van der Waals surface area contributed by atoms with E-state index in [1.54, 1.807) is 0 Å². The Bertz CT molecular complexity index is 726. The van der Waals surface area contributed by atoms with Gasteiger partial charge in [0.25, 0.3) is 0 Å². The third-order valence-corrected chi connectivity index (χ3v) is 3.97. The zero-order chi connectivity index (χ0) is 17.4. The van der Waals surface area contributed by atoms with Gasteiger partial charge in [-0.25, -0.2) is 4.98 Å². The van der Waals surface area contributed by atoms with Crippen molar-refractivity contribution in [2.45, 2.75) is 6.18 Å². The number of aromatic nitrogens is 1. The first-order valence-electron chi connectivity index (χ1n) is 6.04. The van der Waals surface area contributed by atoms with Gasteiger partial charge in [-0.05, 0) is 12.1 Å². The van der Waals surface area contributed by atoms with E-state index < -0.39 is 11.9 Å². The molecule has 0 bridgehead atoms. The molecule has 0 N–H and O–H groups in total. The third-order valence-electron chi connectivity index (χ3n) is 2.93. The van der Waals surface area contributed by atoms with Gasteiger partial charge in [-0.15, -0.1) is 0 Å². The normalized spacial score (nSPS) is 11.5. The van der Waals surface area contributed by atoms with Gasteiger partial charge in [-0.1, -0.05) is 34.8 Å². The molecule has 0 saturated carbocycles. The highest BCUT2D eigenvalue weighted by Gasteiger charge is 2.35. The van der Waals surface area contributed by atoms with Gasteiger partial charge in [0.15, 0.2) is 5.69 Å². The van der Waals surface area contributed by atoms with Gasteiger partial charge < -0.3 is 9.47 Å². The fourth-order valence-corrected chi connectivity index (χ4v) is 2.56. The van der Waals surface area contributed by atoms with Crippen LogP contribution in [0.25, 0.3) is 11.1 Å². The number of methoxy groups -OCH3 is 2. The summed E-state index contributed by atoms with van der Waals surface area (Å²) < 4.78 is 48.8. The van der Waals surface area contributed by atoms with E-state index in [0.29, 0.717) is 0 Å². The van der Waals surface area contributed by atoms with Crippen LogP contribution in [0.2, 0.25) is 15.1 Å². The minimum Gasteiger partial charge on any atom is -0.496 e. The van der Waals surface area contributed by atoms with E-state index in [0.717, 1.165) is 6.07 Å². The summed E-state index contributed by atoms with van der Waals surface area (Å²) in [6.07, 6.45) is -4.65. The van der Waals surface area contributed by atoms with Crippen molar-refractivity contribution < 1.29 is 22.6 Å². The Labute approximate surface area is 144 Å². The quantitative estimate of drug-likeness (QED) is 0.630. The number of benzene rings is 1. The maximum Gasteiger partial charge on any atom is 0.433 e. The minimum atomic E-state index is -4.65. The Morgan fingerprint density at radius 1 is 0.913 bits per heavy atom. The van der Waals surface area contributed by atoms with Crippen molar-refractivity contribution >= 4 is 34.8 Å². The van der Waals surface area contributed by atoms with Crippen LogP contribution in [0.5, 0.6) is 11.6 Å². The highest BCUT2D eigenvalue weighted by molar-refractivity contribution is 6.44. The average Bonchev–Trinajstić information content (AvgIpc) is 2.48. The van der Waals surface area contributed by atoms with Gasteiger partial charge >= 0.3 is 6.18 Å². The lowest BCUT2D eigenvalue weighted by molar-refractivity contribution is -0.141. The number of alkyl halides is 3. The Morgan fingerprint density at radius 2 is 1.52 bits per heavy atom. The standard InChI is InChI=1S/C14H9Cl3F3NO2/c1-22-10-5-11(14(18,19)20)21-13(23-2)12(10)6-3-8(16)9(17)4-7(6)15/h3-5H,1-2H3. The molecule has 0 aliphatic rings. The van der Waals surface area contributed by atoms with Crippen LogP contribution in [0.15, 0.2) is 18.2 Å². The molecule has 0 spiro atoms. The summed E-state index contributed by atoms with van der Waals surface area (Å²) in [6, 6.07) is 3.54. The van der Waals surface area contributed by atoms with Gasteiger partial charge in [0, 0.05) is 11.6 Å². The lowest BCUT2D eigenvalue weighted by Gasteiger charge is -2.17. The van der Waals surface area contributed by atoms with E-state index in [1.165, 1.54) is 26.4 Å². The predicted molar refractivity (Wildman–Crippen MR) is 82.8 cm³/mol. The van der Waals surface area contributed by atoms with Crippen LogP contribution in [-0.4, -0.2) is 19.2 Å². The van der Waals surface area contributed by atoms with Crippen molar-refractivity contribution in [3.8, 4) is 22.8 Å². The summed E-state index contributed by atoms with van der Waals surface area (Å²) in [4.78, 5) is 3.48. The number of halogens is 6. The first-order valence-corrected chi connectivity index (χ1v) is 7.17. The van der Waals surface area contributed by atoms with Crippen molar-refractivity contribution in [3.05, 3.63) is 39.0 Å². The molecule has 0 atom stereocenters. The maximum absolute atomic E-state index is 12.9. The first kappa shape index (κ1) is 18.0. The first-order chi connectivity index (χ1) is 10.7. The lowest BCUT2D eigenvalue weighted by Crippen LogP contribution is -2.10. The number of ether oxygens (including phenoxy) is 2. The highest BCUT2D eigenvalue weighted by Crippen LogP contribution is 2.45. The van der Waals surface area contributed by atoms with Crippen molar-refractivity contribution in [3.63, 3.8) is 0 Å². The van der Waals surface area contributed by atoms with Crippen LogP contribution in [0.1, 0.15) is 5.69 Å². The van der Waals surface area contributed by atoms with Gasteiger partial charge in [0.2, 0.25) is 5.88 Å². The second kappa shape index (κ2) is 6.63. The van der Waals surface area contributed by atoms with Crippen LogP contribution in [0.4, 0.5) is 13.2 Å². The fraction of sp³-hybridized carbons (Fsp3) is 0.214. The van der Waals surface area contributed by atoms with Crippen molar-refractivity contribution in [2.75, 3.05) is 14.2 Å². The summed E-state index contributed by atoms with van der Waals surface area (Å²) in [7, 11) is 2.42. The molecule has 0 aliphatic heterocycles. The second-order valence-electron chi connectivity index (χ2n) is 4.34. The number of hydrogen-bond acceptors (Lipinski definition) is 3. The molecule has 9 heteroatoms. The minimum absolute atomic E-state index is 0.107. The molecule has 0 saturated heterocycles. The molecule has 23 heavy (non-hydrogen) atoms. The highest BCUT2D eigenvalue weighted by atomic mass is 35.5. The van der Waals surface area contributed by atoms with E-state index in [-0.39, 0.29) is 37.8 Å². The molecule has 1 aromatic heterocycles. The fourth-order valence-electron chi connectivity index (χ4n) is 1.92. The van der Waals surface area contributed by atoms with Gasteiger partial charge in [0.1, 0.15) is 5.75 Å². The number of rotatable bonds is 3. The zero-order valence-corrected chi connectivity index (χ0v) is 14.0. The molecule has 0 unspecified atom stereocenters. The Hall–Kier alpha value is -1.37. The summed E-state index contributed by atoms with van der Waals surface area (Å²) in [5, 5.41) is 0.547. The Morgan fingerprint density at radius 3 is 2.04 bits per heavy atom. The monoisotopic (exact) mass is 385 g/mol. The number of nitrogens with zero attached hydrogens (tertiary/aromatic N) is 1. The van der Waals surface area contributed by atoms with Crippen LogP contribution in [0, 0.1) is 0 Å². The SMILES string of the molecule is COc1cc(C(F)(F)F)nc(OC)c1-c1cc(Cl)c(Cl)cc1Cl. The molecular weight excluding hydrogens is 378 g/mol. The predicted octanol–water partition coefficient (Wildman–Crippen LogP) is 5.74. The van der Waals surface area contributed by atoms with E-state index >= 15 is 0 Å². The number of pyridine rings is 1. The summed E-state index contributed by atoms with van der Waals surface area (Å²) in [6.45, 7) is 0. The van der Waals surface area contributed by atoms with Gasteiger partial charge in [-0.2, -0.15) is 13.2 Å². The molecule has 0 aliphatic carbocycles. The molecule has 1 aromatic carbocycles. The van der Waals surface area contributed by atoms with Crippen LogP contribution >= 0.6 is 34.8 Å². The third kappa shape index (κ3) is 3.59.